The average Bonchev–Trinajstić information content (AvgIpc) is 2.78. The van der Waals surface area contributed by atoms with Crippen molar-refractivity contribution < 1.29 is 13.9 Å². The number of carbonyl (C=O) groups is 1. The maximum atomic E-state index is 11.4. The number of nitrogens with two attached hydrogens (primary N) is 1. The summed E-state index contributed by atoms with van der Waals surface area (Å²) in [6, 6.07) is 5.17. The van der Waals surface area contributed by atoms with E-state index in [-0.39, 0.29) is 12.5 Å². The Kier molecular flexibility index (Phi) is 3.59. The molecule has 0 unspecified atom stereocenters. The Morgan fingerprint density at radius 1 is 1.61 bits per heavy atom. The van der Waals surface area contributed by atoms with Crippen molar-refractivity contribution in [2.24, 2.45) is 5.84 Å². The third kappa shape index (κ3) is 2.67. The molecule has 0 radical (unpaired) electrons. The van der Waals surface area contributed by atoms with Crippen LogP contribution < -0.4 is 16.0 Å². The van der Waals surface area contributed by atoms with Gasteiger partial charge in [0.05, 0.1) is 11.8 Å². The molecule has 94 valence electrons. The summed E-state index contributed by atoms with van der Waals surface area (Å²) in [4.78, 5) is 15.3. The van der Waals surface area contributed by atoms with Gasteiger partial charge in [-0.15, -0.1) is 0 Å². The van der Waals surface area contributed by atoms with Crippen LogP contribution in [0.4, 0.5) is 0 Å². The highest BCUT2D eigenvalue weighted by Crippen LogP contribution is 2.16. The van der Waals surface area contributed by atoms with Gasteiger partial charge in [-0.25, -0.2) is 5.84 Å². The number of nitrogens with one attached hydrogen (secondary N) is 1. The van der Waals surface area contributed by atoms with E-state index in [0.717, 1.165) is 0 Å². The molecule has 1 amide bonds. The summed E-state index contributed by atoms with van der Waals surface area (Å²) >= 11 is 0. The van der Waals surface area contributed by atoms with Crippen LogP contribution in [0.25, 0.3) is 0 Å². The second-order valence-electron chi connectivity index (χ2n) is 3.63. The first kappa shape index (κ1) is 12.1. The van der Waals surface area contributed by atoms with Crippen LogP contribution in [0.15, 0.2) is 35.0 Å². The summed E-state index contributed by atoms with van der Waals surface area (Å²) in [6.45, 7) is 1.92. The van der Waals surface area contributed by atoms with Gasteiger partial charge in [0.2, 0.25) is 0 Å². The number of rotatable bonds is 4. The van der Waals surface area contributed by atoms with E-state index in [2.05, 4.69) is 10.4 Å². The van der Waals surface area contributed by atoms with Crippen LogP contribution in [0.2, 0.25) is 0 Å². The number of carbonyl (C=O) groups excluding carboxylic acids is 1. The lowest BCUT2D eigenvalue weighted by molar-refractivity contribution is 0.0952. The molecule has 18 heavy (non-hydrogen) atoms. The van der Waals surface area contributed by atoms with Crippen LogP contribution in [0.1, 0.15) is 21.9 Å². The fourth-order valence-corrected chi connectivity index (χ4v) is 1.50. The molecule has 0 bridgehead atoms. The molecule has 0 aliphatic carbocycles. The number of hydrogen-bond acceptors (Lipinski definition) is 5. The van der Waals surface area contributed by atoms with Gasteiger partial charge < -0.3 is 9.15 Å². The van der Waals surface area contributed by atoms with E-state index in [1.54, 1.807) is 37.5 Å². The molecule has 2 aromatic heterocycles. The van der Waals surface area contributed by atoms with Crippen molar-refractivity contribution in [2.45, 2.75) is 13.5 Å². The highest BCUT2D eigenvalue weighted by molar-refractivity contribution is 5.94. The molecular formula is C12H13N3O3. The fraction of sp³-hybridized carbons (Fsp3) is 0.167. The summed E-state index contributed by atoms with van der Waals surface area (Å²) in [7, 11) is 0. The molecular weight excluding hydrogens is 234 g/mol. The van der Waals surface area contributed by atoms with Gasteiger partial charge >= 0.3 is 0 Å². The summed E-state index contributed by atoms with van der Waals surface area (Å²) in [5.74, 6) is 6.37. The topological polar surface area (TPSA) is 90.4 Å². The minimum Gasteiger partial charge on any atom is -0.484 e. The molecule has 0 saturated carbocycles. The van der Waals surface area contributed by atoms with Gasteiger partial charge in [0.25, 0.3) is 5.91 Å². The number of pyridine rings is 1. The van der Waals surface area contributed by atoms with Crippen LogP contribution in [0.5, 0.6) is 5.75 Å². The molecule has 0 saturated heterocycles. The normalized spacial score (nSPS) is 10.1. The largest absolute Gasteiger partial charge is 0.484 e. The monoisotopic (exact) mass is 247 g/mol. The fourth-order valence-electron chi connectivity index (χ4n) is 1.50. The first-order valence-corrected chi connectivity index (χ1v) is 5.34. The van der Waals surface area contributed by atoms with E-state index in [1.165, 1.54) is 0 Å². The molecule has 0 spiro atoms. The van der Waals surface area contributed by atoms with Crippen molar-refractivity contribution in [3.05, 3.63) is 47.7 Å². The quantitative estimate of drug-likeness (QED) is 0.480. The standard InChI is InChI=1S/C12H13N3O3/c1-8-11(12(16)15-13)5-10(18-8)7-17-9-3-2-4-14-6-9/h2-6H,7,13H2,1H3,(H,15,16). The highest BCUT2D eigenvalue weighted by Gasteiger charge is 2.14. The predicted octanol–water partition coefficient (Wildman–Crippen LogP) is 1.17. The van der Waals surface area contributed by atoms with Crippen LogP contribution in [0.3, 0.4) is 0 Å². The maximum Gasteiger partial charge on any atom is 0.268 e. The number of hydrazine groups is 1. The Balaban J connectivity index is 2.05. The van der Waals surface area contributed by atoms with Crippen LogP contribution >= 0.6 is 0 Å². The van der Waals surface area contributed by atoms with Gasteiger partial charge in [-0.05, 0) is 25.1 Å². The van der Waals surface area contributed by atoms with Crippen molar-refractivity contribution in [1.29, 1.82) is 0 Å². The smallest absolute Gasteiger partial charge is 0.268 e. The number of nitrogens with zero attached hydrogens (tertiary/aromatic N) is 1. The Morgan fingerprint density at radius 2 is 2.44 bits per heavy atom. The zero-order chi connectivity index (χ0) is 13.0. The van der Waals surface area contributed by atoms with Crippen molar-refractivity contribution in [1.82, 2.24) is 10.4 Å². The van der Waals surface area contributed by atoms with Crippen molar-refractivity contribution in [3.8, 4) is 5.75 Å². The molecule has 0 aromatic carbocycles. The second-order valence-corrected chi connectivity index (χ2v) is 3.63. The van der Waals surface area contributed by atoms with Gasteiger partial charge in [0.15, 0.2) is 0 Å². The number of furan rings is 1. The van der Waals surface area contributed by atoms with E-state index in [1.807, 2.05) is 0 Å². The lowest BCUT2D eigenvalue weighted by atomic mass is 10.2. The van der Waals surface area contributed by atoms with Crippen molar-refractivity contribution in [3.63, 3.8) is 0 Å². The minimum atomic E-state index is -0.385. The minimum absolute atomic E-state index is 0.227. The SMILES string of the molecule is Cc1oc(COc2cccnc2)cc1C(=O)NN. The van der Waals surface area contributed by atoms with E-state index in [4.69, 9.17) is 15.0 Å². The van der Waals surface area contributed by atoms with E-state index >= 15 is 0 Å². The number of aryl methyl sites for hydroxylation is 1. The van der Waals surface area contributed by atoms with Gasteiger partial charge in [0.1, 0.15) is 23.9 Å². The van der Waals surface area contributed by atoms with E-state index in [9.17, 15) is 4.79 Å². The number of amides is 1. The molecule has 2 heterocycles. The molecule has 6 nitrogen and oxygen atoms in total. The number of hydrogen-bond donors (Lipinski definition) is 2. The van der Waals surface area contributed by atoms with Crippen LogP contribution in [0, 0.1) is 6.92 Å². The third-order valence-corrected chi connectivity index (χ3v) is 2.36. The molecule has 0 fully saturated rings. The summed E-state index contributed by atoms with van der Waals surface area (Å²) in [5.41, 5.74) is 2.46. The van der Waals surface area contributed by atoms with Gasteiger partial charge in [0, 0.05) is 6.20 Å². The molecule has 0 atom stereocenters. The Morgan fingerprint density at radius 3 is 3.11 bits per heavy atom. The zero-order valence-corrected chi connectivity index (χ0v) is 9.84. The average molecular weight is 247 g/mol. The molecule has 2 rings (SSSR count). The summed E-state index contributed by atoms with van der Waals surface area (Å²) in [6.07, 6.45) is 3.26. The number of ether oxygens (including phenoxy) is 1. The summed E-state index contributed by atoms with van der Waals surface area (Å²) in [5, 5.41) is 0. The van der Waals surface area contributed by atoms with Gasteiger partial charge in [-0.1, -0.05) is 0 Å². The maximum absolute atomic E-state index is 11.4. The molecule has 6 heteroatoms. The Labute approximate surface area is 104 Å². The Hall–Kier alpha value is -2.34. The lowest BCUT2D eigenvalue weighted by Gasteiger charge is -2.02. The number of aromatic nitrogens is 1. The molecule has 3 N–H and O–H groups in total. The third-order valence-electron chi connectivity index (χ3n) is 2.36. The number of nitrogen functional groups attached to an aromatic ring is 1. The highest BCUT2D eigenvalue weighted by atomic mass is 16.5. The molecule has 0 aliphatic heterocycles. The van der Waals surface area contributed by atoms with Gasteiger partial charge in [-0.3, -0.25) is 15.2 Å². The first-order chi connectivity index (χ1) is 8.70. The Bertz CT molecular complexity index is 537. The predicted molar refractivity (Wildman–Crippen MR) is 63.7 cm³/mol. The van der Waals surface area contributed by atoms with Gasteiger partial charge in [-0.2, -0.15) is 0 Å². The summed E-state index contributed by atoms with van der Waals surface area (Å²) < 4.78 is 10.9. The zero-order valence-electron chi connectivity index (χ0n) is 9.84. The van der Waals surface area contributed by atoms with Crippen molar-refractivity contribution >= 4 is 5.91 Å². The lowest BCUT2D eigenvalue weighted by Crippen LogP contribution is -2.30. The van der Waals surface area contributed by atoms with E-state index in [0.29, 0.717) is 22.8 Å². The first-order valence-electron chi connectivity index (χ1n) is 5.34. The molecule has 2 aromatic rings. The van der Waals surface area contributed by atoms with Crippen LogP contribution in [-0.2, 0) is 6.61 Å². The van der Waals surface area contributed by atoms with Crippen LogP contribution in [-0.4, -0.2) is 10.9 Å². The second kappa shape index (κ2) is 5.33. The van der Waals surface area contributed by atoms with Crippen molar-refractivity contribution in [2.75, 3.05) is 0 Å². The molecule has 0 aliphatic rings. The van der Waals surface area contributed by atoms with E-state index < -0.39 is 0 Å².